The molecule has 1 aromatic carbocycles. The maximum atomic E-state index is 13.0. The average molecular weight is 178 g/mol. The molecular formula is C9H4F2N2. The minimum atomic E-state index is -0.977. The van der Waals surface area contributed by atoms with Crippen molar-refractivity contribution in [1.29, 1.82) is 0 Å². The number of halogens is 2. The van der Waals surface area contributed by atoms with Gasteiger partial charge in [0.25, 0.3) is 0 Å². The van der Waals surface area contributed by atoms with Gasteiger partial charge in [-0.25, -0.2) is 13.8 Å². The molecule has 0 fully saturated rings. The van der Waals surface area contributed by atoms with Crippen LogP contribution in [0, 0.1) is 24.0 Å². The third-order valence-electron chi connectivity index (χ3n) is 1.68. The van der Waals surface area contributed by atoms with Crippen LogP contribution in [-0.2, 0) is 0 Å². The second-order valence-electron chi connectivity index (χ2n) is 2.49. The van der Waals surface area contributed by atoms with E-state index in [-0.39, 0.29) is 11.3 Å². The quantitative estimate of drug-likeness (QED) is 0.612. The molecule has 0 radical (unpaired) electrons. The van der Waals surface area contributed by atoms with Crippen LogP contribution in [0.15, 0.2) is 12.1 Å². The van der Waals surface area contributed by atoms with E-state index in [1.807, 2.05) is 0 Å². The molecule has 0 atom stereocenters. The molecule has 1 heterocycles. The Morgan fingerprint density at radius 1 is 1.38 bits per heavy atom. The number of hydrogen-bond acceptors (Lipinski definition) is 1. The number of hydrogen-bond donors (Lipinski definition) is 1. The molecule has 0 spiro atoms. The molecule has 0 saturated carbocycles. The number of nitrogens with zero attached hydrogens (tertiary/aromatic N) is 1. The van der Waals surface area contributed by atoms with Crippen LogP contribution in [0.1, 0.15) is 5.82 Å². The zero-order chi connectivity index (χ0) is 9.42. The molecule has 0 aliphatic rings. The molecule has 0 amide bonds. The number of terminal acetylenes is 1. The highest BCUT2D eigenvalue weighted by atomic mass is 19.2. The van der Waals surface area contributed by atoms with Gasteiger partial charge in [0.1, 0.15) is 5.52 Å². The molecule has 2 aromatic rings. The lowest BCUT2D eigenvalue weighted by Crippen LogP contribution is -1.84. The molecule has 64 valence electrons. The Bertz CT molecular complexity index is 508. The summed E-state index contributed by atoms with van der Waals surface area (Å²) < 4.78 is 25.7. The van der Waals surface area contributed by atoms with Crippen LogP contribution in [0.2, 0.25) is 0 Å². The van der Waals surface area contributed by atoms with Crippen molar-refractivity contribution in [1.82, 2.24) is 9.97 Å². The van der Waals surface area contributed by atoms with Gasteiger partial charge in [-0.15, -0.1) is 6.42 Å². The summed E-state index contributed by atoms with van der Waals surface area (Å²) in [6.07, 6.45) is 5.04. The number of fused-ring (bicyclic) bond motifs is 1. The van der Waals surface area contributed by atoms with Crippen LogP contribution < -0.4 is 0 Å². The molecule has 2 rings (SSSR count). The first-order valence-electron chi connectivity index (χ1n) is 3.52. The van der Waals surface area contributed by atoms with E-state index in [0.717, 1.165) is 6.07 Å². The Labute approximate surface area is 72.6 Å². The zero-order valence-corrected chi connectivity index (χ0v) is 6.44. The lowest BCUT2D eigenvalue weighted by Gasteiger charge is -1.90. The van der Waals surface area contributed by atoms with E-state index >= 15 is 0 Å². The highest BCUT2D eigenvalue weighted by Gasteiger charge is 2.10. The SMILES string of the molecule is C#Cc1nc2c(F)c(F)ccc2[nH]1. The number of benzene rings is 1. The number of nitrogens with one attached hydrogen (secondary N) is 1. The van der Waals surface area contributed by atoms with E-state index in [4.69, 9.17) is 6.42 Å². The van der Waals surface area contributed by atoms with Crippen LogP contribution in [-0.4, -0.2) is 9.97 Å². The molecule has 0 saturated heterocycles. The molecule has 0 unspecified atom stereocenters. The van der Waals surface area contributed by atoms with Crippen molar-refractivity contribution in [2.75, 3.05) is 0 Å². The van der Waals surface area contributed by atoms with Gasteiger partial charge in [0, 0.05) is 0 Å². The fraction of sp³-hybridized carbons (Fsp3) is 0. The number of aromatic amines is 1. The highest BCUT2D eigenvalue weighted by Crippen LogP contribution is 2.17. The Hall–Kier alpha value is -1.89. The van der Waals surface area contributed by atoms with Crippen LogP contribution in [0.5, 0.6) is 0 Å². The second kappa shape index (κ2) is 2.56. The topological polar surface area (TPSA) is 28.7 Å². The normalized spacial score (nSPS) is 10.2. The number of aromatic nitrogens is 2. The third kappa shape index (κ3) is 1.05. The summed E-state index contributed by atoms with van der Waals surface area (Å²) in [4.78, 5) is 6.34. The first kappa shape index (κ1) is 7.74. The van der Waals surface area contributed by atoms with Crippen molar-refractivity contribution in [2.45, 2.75) is 0 Å². The van der Waals surface area contributed by atoms with Crippen LogP contribution in [0.4, 0.5) is 8.78 Å². The van der Waals surface area contributed by atoms with Gasteiger partial charge in [-0.2, -0.15) is 0 Å². The van der Waals surface area contributed by atoms with Gasteiger partial charge in [-0.1, -0.05) is 0 Å². The first-order valence-corrected chi connectivity index (χ1v) is 3.52. The van der Waals surface area contributed by atoms with E-state index < -0.39 is 11.6 Å². The Balaban J connectivity index is 2.86. The van der Waals surface area contributed by atoms with Gasteiger partial charge in [0.2, 0.25) is 0 Å². The first-order chi connectivity index (χ1) is 6.22. The molecule has 1 N–H and O–H groups in total. The van der Waals surface area contributed by atoms with Crippen LogP contribution >= 0.6 is 0 Å². The van der Waals surface area contributed by atoms with Crippen molar-refractivity contribution < 1.29 is 8.78 Å². The number of rotatable bonds is 0. The van der Waals surface area contributed by atoms with Gasteiger partial charge in [-0.3, -0.25) is 0 Å². The van der Waals surface area contributed by atoms with E-state index in [0.29, 0.717) is 5.52 Å². The largest absolute Gasteiger partial charge is 0.331 e. The molecule has 13 heavy (non-hydrogen) atoms. The Kier molecular flexibility index (Phi) is 1.52. The molecule has 1 aromatic heterocycles. The zero-order valence-electron chi connectivity index (χ0n) is 6.44. The van der Waals surface area contributed by atoms with E-state index in [2.05, 4.69) is 15.9 Å². The van der Waals surface area contributed by atoms with Crippen molar-refractivity contribution >= 4 is 11.0 Å². The second-order valence-corrected chi connectivity index (χ2v) is 2.49. The summed E-state index contributed by atoms with van der Waals surface area (Å²) in [6.45, 7) is 0. The van der Waals surface area contributed by atoms with Gasteiger partial charge in [-0.05, 0) is 18.1 Å². The fourth-order valence-corrected chi connectivity index (χ4v) is 1.09. The van der Waals surface area contributed by atoms with Gasteiger partial charge in [0.05, 0.1) is 5.52 Å². The highest BCUT2D eigenvalue weighted by molar-refractivity contribution is 5.76. The van der Waals surface area contributed by atoms with Gasteiger partial charge < -0.3 is 4.98 Å². The molecule has 0 bridgehead atoms. The maximum Gasteiger partial charge on any atom is 0.186 e. The molecule has 4 heteroatoms. The molecule has 0 aliphatic heterocycles. The van der Waals surface area contributed by atoms with E-state index in [9.17, 15) is 8.78 Å². The van der Waals surface area contributed by atoms with Crippen molar-refractivity contribution in [3.8, 4) is 12.3 Å². The lowest BCUT2D eigenvalue weighted by molar-refractivity contribution is 0.515. The number of H-pyrrole nitrogens is 1. The van der Waals surface area contributed by atoms with Crippen LogP contribution in [0.3, 0.4) is 0 Å². The molecular weight excluding hydrogens is 174 g/mol. The predicted molar refractivity (Wildman–Crippen MR) is 43.9 cm³/mol. The van der Waals surface area contributed by atoms with Gasteiger partial charge in [0.15, 0.2) is 17.5 Å². The summed E-state index contributed by atoms with van der Waals surface area (Å²) in [5.41, 5.74) is 0.333. The molecule has 2 nitrogen and oxygen atoms in total. The van der Waals surface area contributed by atoms with Crippen LogP contribution in [0.25, 0.3) is 11.0 Å². The predicted octanol–water partition coefficient (Wildman–Crippen LogP) is 1.82. The maximum absolute atomic E-state index is 13.0. The Morgan fingerprint density at radius 3 is 2.85 bits per heavy atom. The summed E-state index contributed by atoms with van der Waals surface area (Å²) >= 11 is 0. The smallest absolute Gasteiger partial charge is 0.186 e. The average Bonchev–Trinajstić information content (AvgIpc) is 2.55. The molecule has 0 aliphatic carbocycles. The number of imidazole rings is 1. The van der Waals surface area contributed by atoms with Crippen molar-refractivity contribution in [3.05, 3.63) is 29.6 Å². The fourth-order valence-electron chi connectivity index (χ4n) is 1.09. The van der Waals surface area contributed by atoms with E-state index in [1.54, 1.807) is 0 Å². The Morgan fingerprint density at radius 2 is 2.15 bits per heavy atom. The summed E-state index contributed by atoms with van der Waals surface area (Å²) in [6, 6.07) is 2.41. The summed E-state index contributed by atoms with van der Waals surface area (Å²) in [5.74, 6) is 0.496. The summed E-state index contributed by atoms with van der Waals surface area (Å²) in [7, 11) is 0. The minimum Gasteiger partial charge on any atom is -0.331 e. The van der Waals surface area contributed by atoms with E-state index in [1.165, 1.54) is 6.07 Å². The van der Waals surface area contributed by atoms with Crippen molar-refractivity contribution in [2.24, 2.45) is 0 Å². The minimum absolute atomic E-state index is 0.0621. The lowest BCUT2D eigenvalue weighted by atomic mass is 10.3. The monoisotopic (exact) mass is 178 g/mol. The van der Waals surface area contributed by atoms with Crippen molar-refractivity contribution in [3.63, 3.8) is 0 Å². The standard InChI is InChI=1S/C9H4F2N2/c1-2-7-12-6-4-3-5(10)8(11)9(6)13-7/h1,3-4H,(H,12,13). The summed E-state index contributed by atoms with van der Waals surface area (Å²) in [5, 5.41) is 0. The third-order valence-corrected chi connectivity index (χ3v) is 1.68. The van der Waals surface area contributed by atoms with Gasteiger partial charge >= 0.3 is 0 Å².